The second kappa shape index (κ2) is 10.7. The molecule has 0 saturated carbocycles. The van der Waals surface area contributed by atoms with Crippen molar-refractivity contribution in [3.63, 3.8) is 0 Å². The maximum atomic E-state index is 12.6. The normalized spacial score (nSPS) is 11.1. The van der Waals surface area contributed by atoms with Gasteiger partial charge in [-0.25, -0.2) is 23.1 Å². The predicted octanol–water partition coefficient (Wildman–Crippen LogP) is 5.48. The topological polar surface area (TPSA) is 101 Å². The van der Waals surface area contributed by atoms with Gasteiger partial charge in [0.1, 0.15) is 0 Å². The van der Waals surface area contributed by atoms with Crippen LogP contribution in [-0.2, 0) is 15.8 Å². The van der Waals surface area contributed by atoms with Gasteiger partial charge in [0.05, 0.1) is 4.90 Å². The Morgan fingerprint density at radius 3 is 2.18 bits per heavy atom. The van der Waals surface area contributed by atoms with E-state index in [4.69, 9.17) is 11.6 Å². The van der Waals surface area contributed by atoms with Gasteiger partial charge in [-0.3, -0.25) is 4.79 Å². The van der Waals surface area contributed by atoms with Crippen LogP contribution in [0.1, 0.15) is 15.9 Å². The molecule has 0 saturated heterocycles. The van der Waals surface area contributed by atoms with Crippen LogP contribution in [0.3, 0.4) is 0 Å². The molecule has 172 valence electrons. The summed E-state index contributed by atoms with van der Waals surface area (Å²) in [7, 11) is -3.84. The number of sulfonamides is 1. The van der Waals surface area contributed by atoms with E-state index in [0.29, 0.717) is 16.3 Å². The lowest BCUT2D eigenvalue weighted by molar-refractivity contribution is 0.102. The fourth-order valence-electron chi connectivity index (χ4n) is 2.90. The lowest BCUT2D eigenvalue weighted by Crippen LogP contribution is -2.15. The minimum absolute atomic E-state index is 0.0186. The molecule has 0 unspecified atom stereocenters. The Bertz CT molecular complexity index is 1360. The Morgan fingerprint density at radius 2 is 1.53 bits per heavy atom. The van der Waals surface area contributed by atoms with Gasteiger partial charge in [0.15, 0.2) is 0 Å². The molecule has 0 aliphatic heterocycles. The SMILES string of the molecule is O=C(Nc1ccc(S(=O)(=O)Nc2ncccn2)cc1)c1ccc(CSc2ccc(Cl)cc2)cc1. The number of halogens is 1. The number of rotatable bonds is 8. The van der Waals surface area contributed by atoms with Gasteiger partial charge >= 0.3 is 0 Å². The lowest BCUT2D eigenvalue weighted by atomic mass is 10.1. The lowest BCUT2D eigenvalue weighted by Gasteiger charge is -2.09. The summed E-state index contributed by atoms with van der Waals surface area (Å²) < 4.78 is 27.2. The number of anilines is 2. The van der Waals surface area contributed by atoms with Crippen LogP contribution in [0, 0.1) is 0 Å². The van der Waals surface area contributed by atoms with Crippen molar-refractivity contribution < 1.29 is 13.2 Å². The van der Waals surface area contributed by atoms with Crippen molar-refractivity contribution in [1.29, 1.82) is 0 Å². The van der Waals surface area contributed by atoms with Crippen molar-refractivity contribution in [3.05, 3.63) is 107 Å². The van der Waals surface area contributed by atoms with Crippen LogP contribution in [-0.4, -0.2) is 24.3 Å². The van der Waals surface area contributed by atoms with E-state index in [-0.39, 0.29) is 16.8 Å². The van der Waals surface area contributed by atoms with Crippen molar-refractivity contribution in [1.82, 2.24) is 9.97 Å². The number of aromatic nitrogens is 2. The number of thioether (sulfide) groups is 1. The Morgan fingerprint density at radius 1 is 0.882 bits per heavy atom. The summed E-state index contributed by atoms with van der Waals surface area (Å²) >= 11 is 7.59. The van der Waals surface area contributed by atoms with Gasteiger partial charge in [-0.2, -0.15) is 0 Å². The van der Waals surface area contributed by atoms with Gasteiger partial charge in [-0.15, -0.1) is 11.8 Å². The van der Waals surface area contributed by atoms with Gasteiger partial charge in [-0.1, -0.05) is 23.7 Å². The minimum atomic E-state index is -3.84. The van der Waals surface area contributed by atoms with Gasteiger partial charge in [-0.05, 0) is 72.3 Å². The average molecular weight is 511 g/mol. The van der Waals surface area contributed by atoms with Crippen molar-refractivity contribution in [2.45, 2.75) is 15.5 Å². The molecule has 3 aromatic carbocycles. The van der Waals surface area contributed by atoms with Gasteiger partial charge in [0.25, 0.3) is 15.9 Å². The van der Waals surface area contributed by atoms with Crippen molar-refractivity contribution in [2.24, 2.45) is 0 Å². The third-order valence-corrected chi connectivity index (χ3v) is 7.33. The summed E-state index contributed by atoms with van der Waals surface area (Å²) in [6, 6.07) is 22.4. The number of hydrogen-bond donors (Lipinski definition) is 2. The van der Waals surface area contributed by atoms with E-state index < -0.39 is 10.0 Å². The molecule has 1 heterocycles. The van der Waals surface area contributed by atoms with Crippen LogP contribution in [0.25, 0.3) is 0 Å². The Labute approximate surface area is 206 Å². The zero-order chi connectivity index (χ0) is 24.0. The van der Waals surface area contributed by atoms with Crippen LogP contribution in [0.4, 0.5) is 11.6 Å². The van der Waals surface area contributed by atoms with Crippen LogP contribution >= 0.6 is 23.4 Å². The Hall–Kier alpha value is -3.40. The van der Waals surface area contributed by atoms with Crippen molar-refractivity contribution in [2.75, 3.05) is 10.0 Å². The smallest absolute Gasteiger partial charge is 0.264 e. The first-order valence-corrected chi connectivity index (χ1v) is 12.9. The molecule has 10 heteroatoms. The monoisotopic (exact) mass is 510 g/mol. The zero-order valence-corrected chi connectivity index (χ0v) is 20.1. The number of amides is 1. The van der Waals surface area contributed by atoms with Crippen molar-refractivity contribution >= 4 is 50.9 Å². The van der Waals surface area contributed by atoms with E-state index in [9.17, 15) is 13.2 Å². The van der Waals surface area contributed by atoms with Crippen LogP contribution < -0.4 is 10.0 Å². The highest BCUT2D eigenvalue weighted by Gasteiger charge is 2.16. The highest BCUT2D eigenvalue weighted by molar-refractivity contribution is 7.98. The summed E-state index contributed by atoms with van der Waals surface area (Å²) in [5.41, 5.74) is 2.06. The van der Waals surface area contributed by atoms with E-state index in [2.05, 4.69) is 20.0 Å². The maximum absolute atomic E-state index is 12.6. The molecule has 0 aliphatic rings. The highest BCUT2D eigenvalue weighted by atomic mass is 35.5. The molecule has 4 aromatic rings. The number of nitrogens with zero attached hydrogens (tertiary/aromatic N) is 2. The first-order chi connectivity index (χ1) is 16.4. The summed E-state index contributed by atoms with van der Waals surface area (Å²) in [6.45, 7) is 0. The standard InChI is InChI=1S/C24H19ClN4O3S2/c25-19-6-10-21(11-7-19)33-16-17-2-4-18(5-3-17)23(30)28-20-8-12-22(13-9-20)34(31,32)29-24-26-14-1-15-27-24/h1-15H,16H2,(H,28,30)(H,26,27,29). The van der Waals surface area contributed by atoms with E-state index >= 15 is 0 Å². The molecular weight excluding hydrogens is 492 g/mol. The minimum Gasteiger partial charge on any atom is -0.322 e. The number of nitrogens with one attached hydrogen (secondary N) is 2. The number of benzene rings is 3. The molecule has 0 bridgehead atoms. The third kappa shape index (κ3) is 6.34. The van der Waals surface area contributed by atoms with Crippen LogP contribution in [0.2, 0.25) is 5.02 Å². The van der Waals surface area contributed by atoms with E-state index in [1.165, 1.54) is 36.7 Å². The summed E-state index contributed by atoms with van der Waals surface area (Å²) in [5, 5.41) is 3.48. The predicted molar refractivity (Wildman–Crippen MR) is 135 cm³/mol. The fourth-order valence-corrected chi connectivity index (χ4v) is 4.84. The third-order valence-electron chi connectivity index (χ3n) is 4.65. The zero-order valence-electron chi connectivity index (χ0n) is 17.7. The summed E-state index contributed by atoms with van der Waals surface area (Å²) in [4.78, 5) is 21.4. The molecule has 0 radical (unpaired) electrons. The summed E-state index contributed by atoms with van der Waals surface area (Å²) in [6.07, 6.45) is 2.88. The fraction of sp³-hybridized carbons (Fsp3) is 0.0417. The molecule has 1 aromatic heterocycles. The second-order valence-electron chi connectivity index (χ2n) is 7.10. The van der Waals surface area contributed by atoms with Crippen molar-refractivity contribution in [3.8, 4) is 0 Å². The highest BCUT2D eigenvalue weighted by Crippen LogP contribution is 2.24. The van der Waals surface area contributed by atoms with E-state index in [1.54, 1.807) is 30.0 Å². The average Bonchev–Trinajstić information content (AvgIpc) is 2.85. The number of carbonyl (C=O) groups excluding carboxylic acids is 1. The number of hydrogen-bond acceptors (Lipinski definition) is 6. The molecule has 0 spiro atoms. The van der Waals surface area contributed by atoms with E-state index in [0.717, 1.165) is 16.2 Å². The molecule has 7 nitrogen and oxygen atoms in total. The van der Waals surface area contributed by atoms with Gasteiger partial charge in [0.2, 0.25) is 5.95 Å². The molecule has 34 heavy (non-hydrogen) atoms. The van der Waals surface area contributed by atoms with Crippen LogP contribution in [0.15, 0.2) is 101 Å². The Kier molecular flexibility index (Phi) is 7.46. The molecular formula is C24H19ClN4O3S2. The molecule has 1 amide bonds. The van der Waals surface area contributed by atoms with Crippen LogP contribution in [0.5, 0.6) is 0 Å². The Balaban J connectivity index is 1.34. The molecule has 4 rings (SSSR count). The number of carbonyl (C=O) groups is 1. The molecule has 0 aliphatic carbocycles. The van der Waals surface area contributed by atoms with Gasteiger partial charge < -0.3 is 5.32 Å². The molecule has 0 fully saturated rings. The molecule has 0 atom stereocenters. The van der Waals surface area contributed by atoms with E-state index in [1.807, 2.05) is 36.4 Å². The first kappa shape index (κ1) is 23.7. The second-order valence-corrected chi connectivity index (χ2v) is 10.3. The first-order valence-electron chi connectivity index (χ1n) is 10.1. The quantitative estimate of drug-likeness (QED) is 0.304. The molecule has 2 N–H and O–H groups in total. The van der Waals surface area contributed by atoms with Gasteiger partial charge in [0, 0.05) is 39.3 Å². The summed E-state index contributed by atoms with van der Waals surface area (Å²) in [5.74, 6) is 0.458. The largest absolute Gasteiger partial charge is 0.322 e. The maximum Gasteiger partial charge on any atom is 0.264 e.